The fourth-order valence-corrected chi connectivity index (χ4v) is 1.31. The van der Waals surface area contributed by atoms with Crippen molar-refractivity contribution in [2.24, 2.45) is 5.41 Å². The van der Waals surface area contributed by atoms with E-state index in [-0.39, 0.29) is 5.78 Å². The summed E-state index contributed by atoms with van der Waals surface area (Å²) in [5, 5.41) is 2.57. The molecule has 4 nitrogen and oxygen atoms in total. The van der Waals surface area contributed by atoms with Gasteiger partial charge in [-0.25, -0.2) is 4.79 Å². The Morgan fingerprint density at radius 1 is 1.18 bits per heavy atom. The molecule has 0 saturated carbocycles. The lowest BCUT2D eigenvalue weighted by atomic mass is 9.82. The van der Waals surface area contributed by atoms with Crippen LogP contribution >= 0.6 is 0 Å². The number of ketones is 1. The van der Waals surface area contributed by atoms with Crippen LogP contribution in [0.4, 0.5) is 4.79 Å². The lowest BCUT2D eigenvalue weighted by Crippen LogP contribution is -2.46. The summed E-state index contributed by atoms with van der Waals surface area (Å²) in [5.41, 5.74) is -0.971. The van der Waals surface area contributed by atoms with Crippen molar-refractivity contribution >= 4 is 11.9 Å². The number of carbonyl (C=O) groups is 2. The summed E-state index contributed by atoms with van der Waals surface area (Å²) in [5.74, 6) is 0.0193. The number of carbonyl (C=O) groups excluding carboxylic acids is 2. The number of ether oxygens (including phenoxy) is 1. The lowest BCUT2D eigenvalue weighted by Gasteiger charge is -2.26. The Balaban J connectivity index is 4.41. The van der Waals surface area contributed by atoms with E-state index in [1.165, 1.54) is 0 Å². The van der Waals surface area contributed by atoms with Crippen molar-refractivity contribution in [1.82, 2.24) is 5.32 Å². The third kappa shape index (κ3) is 5.71. The second kappa shape index (κ2) is 5.52. The summed E-state index contributed by atoms with van der Waals surface area (Å²) in [6.07, 6.45) is 0.192. The van der Waals surface area contributed by atoms with Crippen LogP contribution in [0.3, 0.4) is 0 Å². The molecule has 4 heteroatoms. The Labute approximate surface area is 104 Å². The summed E-state index contributed by atoms with van der Waals surface area (Å²) in [7, 11) is 0. The molecule has 0 heterocycles. The first-order chi connectivity index (χ1) is 7.49. The molecule has 1 atom stereocenters. The Kier molecular flexibility index (Phi) is 5.17. The molecule has 0 aliphatic carbocycles. The quantitative estimate of drug-likeness (QED) is 0.826. The predicted molar refractivity (Wildman–Crippen MR) is 67.9 cm³/mol. The predicted octanol–water partition coefficient (Wildman–Crippen LogP) is 2.90. The number of nitrogens with one attached hydrogen (secondary N) is 1. The molecule has 0 aliphatic rings. The first kappa shape index (κ1) is 15.9. The maximum atomic E-state index is 12.0. The topological polar surface area (TPSA) is 55.4 Å². The molecule has 1 amide bonds. The zero-order valence-corrected chi connectivity index (χ0v) is 12.0. The van der Waals surface area contributed by atoms with Gasteiger partial charge in [0.2, 0.25) is 0 Å². The third-order valence-corrected chi connectivity index (χ3v) is 2.68. The molecule has 0 saturated heterocycles. The van der Waals surface area contributed by atoms with E-state index in [1.54, 1.807) is 27.7 Å². The van der Waals surface area contributed by atoms with E-state index in [9.17, 15) is 9.59 Å². The number of alkyl carbamates (subject to hydrolysis) is 1. The minimum atomic E-state index is -0.551. The van der Waals surface area contributed by atoms with Crippen molar-refractivity contribution in [3.05, 3.63) is 0 Å². The van der Waals surface area contributed by atoms with Crippen LogP contribution in [0.5, 0.6) is 0 Å². The van der Waals surface area contributed by atoms with Gasteiger partial charge in [-0.3, -0.25) is 4.79 Å². The first-order valence-electron chi connectivity index (χ1n) is 6.03. The molecule has 0 aromatic carbocycles. The van der Waals surface area contributed by atoms with E-state index in [0.717, 1.165) is 6.42 Å². The number of hydrogen-bond acceptors (Lipinski definition) is 3. The van der Waals surface area contributed by atoms with Crippen LogP contribution in [0, 0.1) is 5.41 Å². The van der Waals surface area contributed by atoms with Gasteiger partial charge in [0.05, 0.1) is 6.04 Å². The second-order valence-electron chi connectivity index (χ2n) is 5.97. The summed E-state index contributed by atoms with van der Waals surface area (Å²) < 4.78 is 5.10. The maximum Gasteiger partial charge on any atom is 0.408 e. The molecule has 0 aromatic rings. The highest BCUT2D eigenvalue weighted by Crippen LogP contribution is 2.22. The highest BCUT2D eigenvalue weighted by molar-refractivity contribution is 5.91. The molecular weight excluding hydrogens is 218 g/mol. The number of amides is 1. The largest absolute Gasteiger partial charge is 0.444 e. The monoisotopic (exact) mass is 243 g/mol. The highest BCUT2D eigenvalue weighted by atomic mass is 16.6. The van der Waals surface area contributed by atoms with Crippen LogP contribution in [0.25, 0.3) is 0 Å². The summed E-state index contributed by atoms with van der Waals surface area (Å²) in [6.45, 7) is 12.8. The maximum absolute atomic E-state index is 12.0. The summed E-state index contributed by atoms with van der Waals surface area (Å²) in [6, 6.07) is -0.528. The highest BCUT2D eigenvalue weighted by Gasteiger charge is 2.31. The van der Waals surface area contributed by atoms with Gasteiger partial charge >= 0.3 is 6.09 Å². The Bertz CT molecular complexity index is 290. The standard InChI is InChI=1S/C13H25NO3/c1-8-13(6,7)10(15)9(2)14-11(16)17-12(3,4)5/h9H,8H2,1-7H3,(H,14,16)/t9-/m1/s1. The third-order valence-electron chi connectivity index (χ3n) is 2.68. The van der Waals surface area contributed by atoms with Crippen molar-refractivity contribution in [1.29, 1.82) is 0 Å². The van der Waals surface area contributed by atoms with E-state index >= 15 is 0 Å². The molecule has 1 N–H and O–H groups in total. The zero-order chi connectivity index (χ0) is 13.9. The number of rotatable bonds is 4. The van der Waals surface area contributed by atoms with Crippen molar-refractivity contribution in [3.8, 4) is 0 Å². The van der Waals surface area contributed by atoms with Gasteiger partial charge in [0.1, 0.15) is 5.60 Å². The molecule has 0 fully saturated rings. The molecule has 0 radical (unpaired) electrons. The van der Waals surface area contributed by atoms with Crippen molar-refractivity contribution in [3.63, 3.8) is 0 Å². The summed E-state index contributed by atoms with van der Waals surface area (Å²) in [4.78, 5) is 23.5. The van der Waals surface area contributed by atoms with Crippen molar-refractivity contribution in [2.45, 2.75) is 66.5 Å². The van der Waals surface area contributed by atoms with Crippen molar-refractivity contribution < 1.29 is 14.3 Å². The van der Waals surface area contributed by atoms with Gasteiger partial charge in [0.15, 0.2) is 5.78 Å². The van der Waals surface area contributed by atoms with E-state index in [4.69, 9.17) is 4.74 Å². The van der Waals surface area contributed by atoms with E-state index in [2.05, 4.69) is 5.32 Å². The van der Waals surface area contributed by atoms with Gasteiger partial charge in [-0.05, 0) is 34.1 Å². The van der Waals surface area contributed by atoms with Crippen LogP contribution in [-0.4, -0.2) is 23.5 Å². The van der Waals surface area contributed by atoms with E-state index < -0.39 is 23.2 Å². The SMILES string of the molecule is CCC(C)(C)C(=O)[C@@H](C)NC(=O)OC(C)(C)C. The van der Waals surface area contributed by atoms with Crippen LogP contribution in [-0.2, 0) is 9.53 Å². The van der Waals surface area contributed by atoms with Gasteiger partial charge < -0.3 is 10.1 Å². The molecular formula is C13H25NO3. The average molecular weight is 243 g/mol. The van der Waals surface area contributed by atoms with Gasteiger partial charge in [0, 0.05) is 5.41 Å². The molecule has 0 rings (SSSR count). The molecule has 0 unspecified atom stereocenters. The van der Waals surface area contributed by atoms with Gasteiger partial charge in [-0.15, -0.1) is 0 Å². The Hall–Kier alpha value is -1.06. The van der Waals surface area contributed by atoms with Gasteiger partial charge in [-0.1, -0.05) is 20.8 Å². The fourth-order valence-electron chi connectivity index (χ4n) is 1.31. The first-order valence-corrected chi connectivity index (χ1v) is 6.03. The van der Waals surface area contributed by atoms with E-state index in [1.807, 2.05) is 20.8 Å². The van der Waals surface area contributed by atoms with Crippen LogP contribution in [0.2, 0.25) is 0 Å². The average Bonchev–Trinajstić information content (AvgIpc) is 2.13. The molecule has 0 aromatic heterocycles. The zero-order valence-electron chi connectivity index (χ0n) is 12.0. The smallest absolute Gasteiger partial charge is 0.408 e. The summed E-state index contributed by atoms with van der Waals surface area (Å²) >= 11 is 0. The molecule has 100 valence electrons. The second-order valence-corrected chi connectivity index (χ2v) is 5.97. The van der Waals surface area contributed by atoms with Crippen molar-refractivity contribution in [2.75, 3.05) is 0 Å². The minimum Gasteiger partial charge on any atom is -0.444 e. The normalized spacial score (nSPS) is 14.1. The van der Waals surface area contributed by atoms with Crippen LogP contribution in [0.1, 0.15) is 54.9 Å². The lowest BCUT2D eigenvalue weighted by molar-refractivity contribution is -0.129. The Morgan fingerprint density at radius 2 is 1.65 bits per heavy atom. The minimum absolute atomic E-state index is 0.0193. The molecule has 0 spiro atoms. The van der Waals surface area contributed by atoms with Gasteiger partial charge in [0.25, 0.3) is 0 Å². The molecule has 0 aliphatic heterocycles. The molecule has 17 heavy (non-hydrogen) atoms. The number of hydrogen-bond donors (Lipinski definition) is 1. The number of Topliss-reactive ketones (excluding diaryl/α,β-unsaturated/α-hetero) is 1. The van der Waals surface area contributed by atoms with Crippen LogP contribution in [0.15, 0.2) is 0 Å². The fraction of sp³-hybridized carbons (Fsp3) is 0.846. The van der Waals surface area contributed by atoms with Gasteiger partial charge in [-0.2, -0.15) is 0 Å². The van der Waals surface area contributed by atoms with Crippen LogP contribution < -0.4 is 5.32 Å². The Morgan fingerprint density at radius 3 is 2.00 bits per heavy atom. The molecule has 0 bridgehead atoms. The van der Waals surface area contributed by atoms with E-state index in [0.29, 0.717) is 0 Å².